The second kappa shape index (κ2) is 10.2. The van der Waals surface area contributed by atoms with Crippen molar-refractivity contribution in [2.24, 2.45) is 0 Å². The van der Waals surface area contributed by atoms with Crippen LogP contribution in [0, 0.1) is 41.5 Å². The normalized spacial score (nSPS) is 11.8. The van der Waals surface area contributed by atoms with Gasteiger partial charge >= 0.3 is 0 Å². The van der Waals surface area contributed by atoms with E-state index in [2.05, 4.69) is 116 Å². The fourth-order valence-corrected chi connectivity index (χ4v) is 4.50. The van der Waals surface area contributed by atoms with Crippen LogP contribution in [-0.4, -0.2) is 0 Å². The Morgan fingerprint density at radius 2 is 0.656 bits per heavy atom. The van der Waals surface area contributed by atoms with E-state index >= 15 is 0 Å². The van der Waals surface area contributed by atoms with Crippen molar-refractivity contribution < 1.29 is 0 Å². The van der Waals surface area contributed by atoms with Crippen LogP contribution in [0.15, 0.2) is 36.4 Å². The maximum atomic E-state index is 2.33. The van der Waals surface area contributed by atoms with Crippen LogP contribution in [0.5, 0.6) is 0 Å². The van der Waals surface area contributed by atoms with Crippen molar-refractivity contribution in [2.45, 2.75) is 68.2 Å². The van der Waals surface area contributed by atoms with E-state index in [0.717, 1.165) is 12.8 Å². The molecule has 3 rings (SSSR count). The van der Waals surface area contributed by atoms with Gasteiger partial charge in [0.25, 0.3) is 0 Å². The van der Waals surface area contributed by atoms with Gasteiger partial charge in [-0.3, -0.25) is 0 Å². The molecule has 0 radical (unpaired) electrons. The predicted octanol–water partition coefficient (Wildman–Crippen LogP) is 9.00. The molecule has 0 fully saturated rings. The lowest BCUT2D eigenvalue weighted by Gasteiger charge is -2.10. The summed E-state index contributed by atoms with van der Waals surface area (Å²) in [6.07, 6.45) is 11.2. The molecule has 0 spiro atoms. The first kappa shape index (κ1) is 23.8. The zero-order chi connectivity index (χ0) is 23.4. The molecule has 0 nitrogen and oxygen atoms in total. The molecular weight excluding hydrogens is 384 g/mol. The van der Waals surface area contributed by atoms with Crippen LogP contribution >= 0.6 is 0 Å². The summed E-state index contributed by atoms with van der Waals surface area (Å²) in [6.45, 7) is 17.7. The fraction of sp³-hybridized carbons (Fsp3) is 0.312. The SMILES string of the molecule is CCc1cc(C)c(/C=C/c2cc(C)c(/C=C/c3cc(C)c(CC)cc3C)cc2C)cc1C. The molecule has 3 aromatic rings. The lowest BCUT2D eigenvalue weighted by molar-refractivity contribution is 1.10. The number of rotatable bonds is 6. The third kappa shape index (κ3) is 5.30. The van der Waals surface area contributed by atoms with Crippen molar-refractivity contribution in [2.75, 3.05) is 0 Å². The first-order valence-corrected chi connectivity index (χ1v) is 11.9. The number of hydrogen-bond acceptors (Lipinski definition) is 0. The Kier molecular flexibility index (Phi) is 7.56. The molecule has 0 bridgehead atoms. The maximum absolute atomic E-state index is 2.33. The van der Waals surface area contributed by atoms with Gasteiger partial charge in [-0.05, 0) is 121 Å². The van der Waals surface area contributed by atoms with Crippen molar-refractivity contribution in [3.63, 3.8) is 0 Å². The summed E-state index contributed by atoms with van der Waals surface area (Å²) in [5.41, 5.74) is 16.1. The van der Waals surface area contributed by atoms with Gasteiger partial charge in [0.05, 0.1) is 0 Å². The molecule has 0 aromatic heterocycles. The van der Waals surface area contributed by atoms with Gasteiger partial charge in [-0.25, -0.2) is 0 Å². The Morgan fingerprint density at radius 1 is 0.406 bits per heavy atom. The zero-order valence-electron chi connectivity index (χ0n) is 21.2. The minimum Gasteiger partial charge on any atom is -0.0613 e. The van der Waals surface area contributed by atoms with E-state index in [1.165, 1.54) is 66.8 Å². The Labute approximate surface area is 195 Å². The summed E-state index contributed by atoms with van der Waals surface area (Å²) < 4.78 is 0. The van der Waals surface area contributed by atoms with Crippen LogP contribution < -0.4 is 0 Å². The molecular formula is C32H38. The molecule has 0 amide bonds. The predicted molar refractivity (Wildman–Crippen MR) is 144 cm³/mol. The summed E-state index contributed by atoms with van der Waals surface area (Å²) in [4.78, 5) is 0. The van der Waals surface area contributed by atoms with Gasteiger partial charge in [0.15, 0.2) is 0 Å². The molecule has 0 saturated carbocycles. The van der Waals surface area contributed by atoms with Crippen LogP contribution in [0.1, 0.15) is 80.6 Å². The van der Waals surface area contributed by atoms with Gasteiger partial charge in [0.1, 0.15) is 0 Å². The van der Waals surface area contributed by atoms with E-state index < -0.39 is 0 Å². The van der Waals surface area contributed by atoms with Crippen molar-refractivity contribution in [1.82, 2.24) is 0 Å². The molecule has 0 aliphatic carbocycles. The Morgan fingerprint density at radius 3 is 0.938 bits per heavy atom. The van der Waals surface area contributed by atoms with Crippen LogP contribution in [-0.2, 0) is 12.8 Å². The van der Waals surface area contributed by atoms with Crippen molar-refractivity contribution in [3.8, 4) is 0 Å². The summed E-state index contributed by atoms with van der Waals surface area (Å²) >= 11 is 0. The van der Waals surface area contributed by atoms with E-state index in [1.807, 2.05) is 0 Å². The summed E-state index contributed by atoms with van der Waals surface area (Å²) in [6, 6.07) is 13.9. The molecule has 32 heavy (non-hydrogen) atoms. The van der Waals surface area contributed by atoms with E-state index in [1.54, 1.807) is 0 Å². The van der Waals surface area contributed by atoms with Gasteiger partial charge < -0.3 is 0 Å². The molecule has 0 aliphatic rings. The molecule has 0 unspecified atom stereocenters. The third-order valence-electron chi connectivity index (χ3n) is 6.75. The van der Waals surface area contributed by atoms with Gasteiger partial charge in [-0.2, -0.15) is 0 Å². The molecule has 0 heteroatoms. The molecule has 3 aromatic carbocycles. The molecule has 0 N–H and O–H groups in total. The second-order valence-corrected chi connectivity index (χ2v) is 9.21. The highest BCUT2D eigenvalue weighted by Crippen LogP contribution is 2.24. The van der Waals surface area contributed by atoms with E-state index in [4.69, 9.17) is 0 Å². The van der Waals surface area contributed by atoms with Crippen molar-refractivity contribution in [1.29, 1.82) is 0 Å². The van der Waals surface area contributed by atoms with E-state index in [9.17, 15) is 0 Å². The van der Waals surface area contributed by atoms with Gasteiger partial charge in [0, 0.05) is 0 Å². The first-order valence-electron chi connectivity index (χ1n) is 11.9. The average molecular weight is 423 g/mol. The molecule has 0 saturated heterocycles. The van der Waals surface area contributed by atoms with Gasteiger partial charge in [-0.1, -0.05) is 74.5 Å². The molecule has 0 heterocycles. The smallest absolute Gasteiger partial charge is 0.0224 e. The molecule has 166 valence electrons. The topological polar surface area (TPSA) is 0 Å². The zero-order valence-corrected chi connectivity index (χ0v) is 21.2. The highest BCUT2D eigenvalue weighted by Gasteiger charge is 2.05. The van der Waals surface area contributed by atoms with Crippen LogP contribution in [0.2, 0.25) is 0 Å². The van der Waals surface area contributed by atoms with Crippen molar-refractivity contribution >= 4 is 24.3 Å². The Hall–Kier alpha value is -2.86. The monoisotopic (exact) mass is 422 g/mol. The lowest BCUT2D eigenvalue weighted by Crippen LogP contribution is -1.92. The second-order valence-electron chi connectivity index (χ2n) is 9.21. The maximum Gasteiger partial charge on any atom is -0.0224 e. The Balaban J connectivity index is 1.87. The first-order chi connectivity index (χ1) is 15.2. The van der Waals surface area contributed by atoms with Gasteiger partial charge in [0.2, 0.25) is 0 Å². The number of aryl methyl sites for hydroxylation is 8. The van der Waals surface area contributed by atoms with E-state index in [-0.39, 0.29) is 0 Å². The largest absolute Gasteiger partial charge is 0.0613 e. The van der Waals surface area contributed by atoms with Gasteiger partial charge in [-0.15, -0.1) is 0 Å². The minimum absolute atomic E-state index is 1.09. The lowest BCUT2D eigenvalue weighted by atomic mass is 9.95. The quantitative estimate of drug-likeness (QED) is 0.348. The summed E-state index contributed by atoms with van der Waals surface area (Å²) in [5, 5.41) is 0. The van der Waals surface area contributed by atoms with E-state index in [0.29, 0.717) is 0 Å². The van der Waals surface area contributed by atoms with Crippen molar-refractivity contribution in [3.05, 3.63) is 103 Å². The number of hydrogen-bond donors (Lipinski definition) is 0. The summed E-state index contributed by atoms with van der Waals surface area (Å²) in [5.74, 6) is 0. The van der Waals surface area contributed by atoms with Crippen LogP contribution in [0.3, 0.4) is 0 Å². The molecule has 0 aliphatic heterocycles. The number of benzene rings is 3. The standard InChI is InChI=1S/C32H38/c1-9-27-15-23(5)29(17-21(27)3)11-13-31-19-26(8)32(20-25(31)7)14-12-30-18-22(4)28(10-2)16-24(30)6/h11-20H,9-10H2,1-8H3/b13-11+,14-12+. The summed E-state index contributed by atoms with van der Waals surface area (Å²) in [7, 11) is 0. The van der Waals surface area contributed by atoms with Crippen LogP contribution in [0.4, 0.5) is 0 Å². The Bertz CT molecular complexity index is 1090. The highest BCUT2D eigenvalue weighted by molar-refractivity contribution is 5.77. The third-order valence-corrected chi connectivity index (χ3v) is 6.75. The highest BCUT2D eigenvalue weighted by atomic mass is 14.1. The average Bonchev–Trinajstić information content (AvgIpc) is 2.76. The minimum atomic E-state index is 1.09. The fourth-order valence-electron chi connectivity index (χ4n) is 4.50. The molecule has 0 atom stereocenters. The van der Waals surface area contributed by atoms with Crippen LogP contribution in [0.25, 0.3) is 24.3 Å².